The molecule has 2 atom stereocenters. The fourth-order valence-corrected chi connectivity index (χ4v) is 1.53. The molecule has 0 spiro atoms. The number of rotatable bonds is 6. The van der Waals surface area contributed by atoms with Gasteiger partial charge >= 0.3 is 0 Å². The molecule has 0 saturated carbocycles. The molecule has 0 aliphatic carbocycles. The van der Waals surface area contributed by atoms with Gasteiger partial charge in [0.1, 0.15) is 0 Å². The Kier molecular flexibility index (Phi) is 6.34. The van der Waals surface area contributed by atoms with Crippen molar-refractivity contribution >= 4 is 0 Å². The fraction of sp³-hybridized carbons (Fsp3) is 1.00. The monoisotopic (exact) mass is 174 g/mol. The summed E-state index contributed by atoms with van der Waals surface area (Å²) >= 11 is 0. The average Bonchev–Trinajstić information content (AvgIpc) is 2.06. The molecule has 0 aromatic heterocycles. The second-order valence-electron chi connectivity index (χ2n) is 3.22. The molecule has 0 bridgehead atoms. The topological polar surface area (TPSA) is 38.5 Å². The Labute approximate surface area is 75.9 Å². The lowest BCUT2D eigenvalue weighted by atomic mass is 10.2. The third-order valence-electron chi connectivity index (χ3n) is 2.25. The quantitative estimate of drug-likeness (QED) is 0.644. The molecule has 74 valence electrons. The van der Waals surface area contributed by atoms with Crippen LogP contribution in [0.1, 0.15) is 20.8 Å². The van der Waals surface area contributed by atoms with Crippen molar-refractivity contribution in [1.82, 2.24) is 4.90 Å². The van der Waals surface area contributed by atoms with E-state index in [1.165, 1.54) is 0 Å². The van der Waals surface area contributed by atoms with Crippen molar-refractivity contribution in [1.29, 1.82) is 0 Å². The van der Waals surface area contributed by atoms with Gasteiger partial charge in [-0.3, -0.25) is 4.90 Å². The van der Waals surface area contributed by atoms with E-state index in [2.05, 4.69) is 25.7 Å². The molecule has 3 nitrogen and oxygen atoms in total. The number of ether oxygens (including phenoxy) is 1. The van der Waals surface area contributed by atoms with Gasteiger partial charge in [-0.1, -0.05) is 6.92 Å². The van der Waals surface area contributed by atoms with E-state index in [4.69, 9.17) is 10.5 Å². The SMILES string of the molecule is CCN(C(C)CN)C(C)COC. The summed E-state index contributed by atoms with van der Waals surface area (Å²) in [5, 5.41) is 0. The molecule has 0 saturated heterocycles. The zero-order valence-corrected chi connectivity index (χ0v) is 8.71. The summed E-state index contributed by atoms with van der Waals surface area (Å²) in [6.45, 7) is 8.98. The molecule has 2 N–H and O–H groups in total. The summed E-state index contributed by atoms with van der Waals surface area (Å²) in [6.07, 6.45) is 0. The van der Waals surface area contributed by atoms with Crippen molar-refractivity contribution in [3.05, 3.63) is 0 Å². The number of hydrogen-bond donors (Lipinski definition) is 1. The van der Waals surface area contributed by atoms with E-state index in [1.54, 1.807) is 7.11 Å². The first-order valence-corrected chi connectivity index (χ1v) is 4.62. The zero-order valence-electron chi connectivity index (χ0n) is 8.71. The van der Waals surface area contributed by atoms with Gasteiger partial charge in [0.25, 0.3) is 0 Å². The predicted octanol–water partition coefficient (Wildman–Crippen LogP) is 0.690. The van der Waals surface area contributed by atoms with Crippen molar-refractivity contribution in [2.75, 3.05) is 26.8 Å². The molecular formula is C9H22N2O. The molecule has 0 aromatic rings. The highest BCUT2D eigenvalue weighted by molar-refractivity contribution is 4.72. The maximum atomic E-state index is 5.60. The smallest absolute Gasteiger partial charge is 0.0615 e. The lowest BCUT2D eigenvalue weighted by Gasteiger charge is -2.32. The first-order chi connectivity index (χ1) is 5.67. The lowest BCUT2D eigenvalue weighted by Crippen LogP contribution is -2.45. The van der Waals surface area contributed by atoms with Crippen molar-refractivity contribution < 1.29 is 4.74 Å². The summed E-state index contributed by atoms with van der Waals surface area (Å²) in [7, 11) is 1.73. The molecule has 3 heteroatoms. The maximum absolute atomic E-state index is 5.60. The first-order valence-electron chi connectivity index (χ1n) is 4.62. The minimum absolute atomic E-state index is 0.445. The Bertz CT molecular complexity index is 109. The Balaban J connectivity index is 3.94. The van der Waals surface area contributed by atoms with Gasteiger partial charge in [0, 0.05) is 25.7 Å². The summed E-state index contributed by atoms with van der Waals surface area (Å²) in [5.74, 6) is 0. The zero-order chi connectivity index (χ0) is 9.56. The average molecular weight is 174 g/mol. The van der Waals surface area contributed by atoms with Gasteiger partial charge in [-0.15, -0.1) is 0 Å². The van der Waals surface area contributed by atoms with Crippen LogP contribution in [0.15, 0.2) is 0 Å². The second-order valence-corrected chi connectivity index (χ2v) is 3.22. The standard InChI is InChI=1S/C9H22N2O/c1-5-11(8(2)6-10)9(3)7-12-4/h8-9H,5-7,10H2,1-4H3. The van der Waals surface area contributed by atoms with Gasteiger partial charge in [0.2, 0.25) is 0 Å². The third kappa shape index (κ3) is 3.52. The molecule has 0 aliphatic heterocycles. The Hall–Kier alpha value is -0.120. The van der Waals surface area contributed by atoms with Crippen LogP contribution >= 0.6 is 0 Å². The van der Waals surface area contributed by atoms with Crippen LogP contribution in [0.3, 0.4) is 0 Å². The molecule has 0 aromatic carbocycles. The van der Waals surface area contributed by atoms with E-state index < -0.39 is 0 Å². The predicted molar refractivity (Wildman–Crippen MR) is 52.2 cm³/mol. The van der Waals surface area contributed by atoms with Gasteiger partial charge in [0.15, 0.2) is 0 Å². The maximum Gasteiger partial charge on any atom is 0.0615 e. The van der Waals surface area contributed by atoms with Crippen LogP contribution in [0.5, 0.6) is 0 Å². The highest BCUT2D eigenvalue weighted by atomic mass is 16.5. The normalized spacial score (nSPS) is 16.5. The molecule has 0 amide bonds. The van der Waals surface area contributed by atoms with E-state index in [-0.39, 0.29) is 0 Å². The van der Waals surface area contributed by atoms with Crippen LogP contribution in [0.4, 0.5) is 0 Å². The molecule has 12 heavy (non-hydrogen) atoms. The number of likely N-dealkylation sites (N-methyl/N-ethyl adjacent to an activating group) is 1. The highest BCUT2D eigenvalue weighted by Gasteiger charge is 2.16. The van der Waals surface area contributed by atoms with Gasteiger partial charge in [0.05, 0.1) is 6.61 Å². The summed E-state index contributed by atoms with van der Waals surface area (Å²) in [4.78, 5) is 2.35. The van der Waals surface area contributed by atoms with Crippen LogP contribution < -0.4 is 5.73 Å². The van der Waals surface area contributed by atoms with Crippen LogP contribution in [-0.4, -0.2) is 43.8 Å². The van der Waals surface area contributed by atoms with Gasteiger partial charge < -0.3 is 10.5 Å². The van der Waals surface area contributed by atoms with Crippen LogP contribution in [-0.2, 0) is 4.74 Å². The number of nitrogens with two attached hydrogens (primary N) is 1. The minimum atomic E-state index is 0.445. The molecule has 2 unspecified atom stereocenters. The van der Waals surface area contributed by atoms with E-state index in [9.17, 15) is 0 Å². The molecular weight excluding hydrogens is 152 g/mol. The number of methoxy groups -OCH3 is 1. The Morgan fingerprint density at radius 1 is 1.33 bits per heavy atom. The molecule has 0 aliphatic rings. The van der Waals surface area contributed by atoms with Crippen molar-refractivity contribution in [3.63, 3.8) is 0 Å². The number of hydrogen-bond acceptors (Lipinski definition) is 3. The first kappa shape index (κ1) is 11.9. The van der Waals surface area contributed by atoms with Crippen molar-refractivity contribution in [3.8, 4) is 0 Å². The summed E-state index contributed by atoms with van der Waals surface area (Å²) < 4.78 is 5.10. The van der Waals surface area contributed by atoms with Crippen LogP contribution in [0.25, 0.3) is 0 Å². The van der Waals surface area contributed by atoms with Crippen molar-refractivity contribution in [2.24, 2.45) is 5.73 Å². The molecule has 0 radical (unpaired) electrons. The summed E-state index contributed by atoms with van der Waals surface area (Å²) in [5.41, 5.74) is 5.60. The number of nitrogens with zero attached hydrogens (tertiary/aromatic N) is 1. The van der Waals surface area contributed by atoms with E-state index in [0.717, 1.165) is 13.2 Å². The fourth-order valence-electron chi connectivity index (χ4n) is 1.53. The third-order valence-corrected chi connectivity index (χ3v) is 2.25. The van der Waals surface area contributed by atoms with Gasteiger partial charge in [-0.2, -0.15) is 0 Å². The van der Waals surface area contributed by atoms with E-state index >= 15 is 0 Å². The van der Waals surface area contributed by atoms with Crippen LogP contribution in [0.2, 0.25) is 0 Å². The van der Waals surface area contributed by atoms with E-state index in [0.29, 0.717) is 18.6 Å². The highest BCUT2D eigenvalue weighted by Crippen LogP contribution is 2.04. The van der Waals surface area contributed by atoms with E-state index in [1.807, 2.05) is 0 Å². The minimum Gasteiger partial charge on any atom is -0.383 e. The van der Waals surface area contributed by atoms with Gasteiger partial charge in [-0.25, -0.2) is 0 Å². The molecule has 0 heterocycles. The second kappa shape index (κ2) is 6.40. The largest absolute Gasteiger partial charge is 0.383 e. The molecule has 0 rings (SSSR count). The lowest BCUT2D eigenvalue weighted by molar-refractivity contribution is 0.0807. The summed E-state index contributed by atoms with van der Waals surface area (Å²) in [6, 6.07) is 0.902. The van der Waals surface area contributed by atoms with Crippen molar-refractivity contribution in [2.45, 2.75) is 32.9 Å². The Morgan fingerprint density at radius 2 is 1.92 bits per heavy atom. The molecule has 0 fully saturated rings. The van der Waals surface area contributed by atoms with Gasteiger partial charge in [-0.05, 0) is 20.4 Å². The Morgan fingerprint density at radius 3 is 2.25 bits per heavy atom. The van der Waals surface area contributed by atoms with Crippen LogP contribution in [0, 0.1) is 0 Å².